The Kier molecular flexibility index (Phi) is 2.32. The van der Waals surface area contributed by atoms with Crippen molar-refractivity contribution in [2.75, 3.05) is 27.4 Å². The molecule has 0 aromatic rings. The number of ether oxygens (including phenoxy) is 4. The molecule has 2 heterocycles. The van der Waals surface area contributed by atoms with Crippen molar-refractivity contribution in [1.29, 1.82) is 0 Å². The van der Waals surface area contributed by atoms with Crippen LogP contribution in [0.3, 0.4) is 0 Å². The van der Waals surface area contributed by atoms with Crippen LogP contribution in [-0.2, 0) is 18.9 Å². The van der Waals surface area contributed by atoms with Crippen LogP contribution in [0.5, 0.6) is 0 Å². The van der Waals surface area contributed by atoms with E-state index in [1.165, 1.54) is 0 Å². The van der Waals surface area contributed by atoms with Gasteiger partial charge in [-0.3, -0.25) is 0 Å². The molecule has 0 N–H and O–H groups in total. The summed E-state index contributed by atoms with van der Waals surface area (Å²) in [6, 6.07) is 0. The lowest BCUT2D eigenvalue weighted by atomic mass is 10.1. The zero-order valence-corrected chi connectivity index (χ0v) is 7.36. The number of methoxy groups -OCH3 is 2. The van der Waals surface area contributed by atoms with E-state index < -0.39 is 0 Å². The molecule has 0 radical (unpaired) electrons. The van der Waals surface area contributed by atoms with Gasteiger partial charge in [-0.2, -0.15) is 0 Å². The van der Waals surface area contributed by atoms with Crippen LogP contribution in [0, 0.1) is 0 Å². The average molecular weight is 174 g/mol. The molecule has 0 saturated carbocycles. The minimum Gasteiger partial charge on any atom is -0.376 e. The first-order valence-corrected chi connectivity index (χ1v) is 4.15. The molecule has 0 spiro atoms. The Morgan fingerprint density at radius 3 is 1.67 bits per heavy atom. The van der Waals surface area contributed by atoms with Gasteiger partial charge in [-0.25, -0.2) is 0 Å². The largest absolute Gasteiger partial charge is 0.376 e. The lowest BCUT2D eigenvalue weighted by Crippen LogP contribution is -2.32. The van der Waals surface area contributed by atoms with Crippen LogP contribution in [0.4, 0.5) is 0 Å². The number of rotatable bonds is 2. The molecule has 4 heteroatoms. The molecule has 2 unspecified atom stereocenters. The summed E-state index contributed by atoms with van der Waals surface area (Å²) >= 11 is 0. The molecule has 0 aromatic heterocycles. The summed E-state index contributed by atoms with van der Waals surface area (Å²) in [5.74, 6) is 0. The highest BCUT2D eigenvalue weighted by Crippen LogP contribution is 2.29. The summed E-state index contributed by atoms with van der Waals surface area (Å²) in [6.07, 6.45) is 0.296. The number of hydrogen-bond acceptors (Lipinski definition) is 4. The molecule has 2 aliphatic rings. The second kappa shape index (κ2) is 3.30. The van der Waals surface area contributed by atoms with Crippen molar-refractivity contribution >= 4 is 0 Å². The summed E-state index contributed by atoms with van der Waals surface area (Å²) in [4.78, 5) is 0. The van der Waals surface area contributed by atoms with Gasteiger partial charge in [0.15, 0.2) is 0 Å². The van der Waals surface area contributed by atoms with Crippen LogP contribution < -0.4 is 0 Å². The average Bonchev–Trinajstić information content (AvgIpc) is 2.62. The molecule has 0 aliphatic carbocycles. The molecule has 2 rings (SSSR count). The molecule has 70 valence electrons. The van der Waals surface area contributed by atoms with Gasteiger partial charge in [0.1, 0.15) is 24.4 Å². The van der Waals surface area contributed by atoms with Crippen molar-refractivity contribution in [3.8, 4) is 0 Å². The zero-order chi connectivity index (χ0) is 8.55. The van der Waals surface area contributed by atoms with Crippen LogP contribution >= 0.6 is 0 Å². The third kappa shape index (κ3) is 1.15. The van der Waals surface area contributed by atoms with Crippen molar-refractivity contribution in [3.05, 3.63) is 0 Å². The van der Waals surface area contributed by atoms with E-state index >= 15 is 0 Å². The fourth-order valence-corrected chi connectivity index (χ4v) is 1.83. The molecule has 4 atom stereocenters. The van der Waals surface area contributed by atoms with Crippen LogP contribution in [-0.4, -0.2) is 51.8 Å². The van der Waals surface area contributed by atoms with Crippen molar-refractivity contribution in [2.24, 2.45) is 0 Å². The fraction of sp³-hybridized carbons (Fsp3) is 1.00. The predicted octanol–water partition coefficient (Wildman–Crippen LogP) is -0.186. The lowest BCUT2D eigenvalue weighted by Gasteiger charge is -2.14. The van der Waals surface area contributed by atoms with Gasteiger partial charge < -0.3 is 18.9 Å². The molecule has 4 nitrogen and oxygen atoms in total. The third-order valence-electron chi connectivity index (χ3n) is 2.57. The molecule has 12 heavy (non-hydrogen) atoms. The fourth-order valence-electron chi connectivity index (χ4n) is 1.83. The van der Waals surface area contributed by atoms with E-state index in [0.29, 0.717) is 13.2 Å². The topological polar surface area (TPSA) is 36.9 Å². The van der Waals surface area contributed by atoms with Crippen LogP contribution in [0.2, 0.25) is 0 Å². The number of fused-ring (bicyclic) bond motifs is 1. The summed E-state index contributed by atoms with van der Waals surface area (Å²) in [6.45, 7) is 1.23. The highest BCUT2D eigenvalue weighted by Gasteiger charge is 2.48. The van der Waals surface area contributed by atoms with E-state index in [9.17, 15) is 0 Å². The SMILES string of the molecule is CO[C@H]1COC2C1OC[C@@H]2OC. The molecule has 0 aromatic carbocycles. The van der Waals surface area contributed by atoms with Crippen LogP contribution in [0.1, 0.15) is 0 Å². The van der Waals surface area contributed by atoms with Crippen LogP contribution in [0.15, 0.2) is 0 Å². The predicted molar refractivity (Wildman–Crippen MR) is 41.1 cm³/mol. The smallest absolute Gasteiger partial charge is 0.115 e. The first-order chi connectivity index (χ1) is 5.86. The first-order valence-electron chi connectivity index (χ1n) is 4.15. The Morgan fingerprint density at radius 2 is 1.33 bits per heavy atom. The quantitative estimate of drug-likeness (QED) is 0.581. The summed E-state index contributed by atoms with van der Waals surface area (Å²) in [5.41, 5.74) is 0. The Bertz CT molecular complexity index is 143. The van der Waals surface area contributed by atoms with E-state index in [1.807, 2.05) is 0 Å². The Labute approximate surface area is 71.7 Å². The number of hydrogen-bond donors (Lipinski definition) is 0. The van der Waals surface area contributed by atoms with E-state index in [-0.39, 0.29) is 24.4 Å². The molecule has 2 aliphatic heterocycles. The molecule has 2 fully saturated rings. The maximum absolute atomic E-state index is 5.51. The maximum atomic E-state index is 5.51. The normalized spacial score (nSPS) is 46.5. The summed E-state index contributed by atoms with van der Waals surface area (Å²) in [5, 5.41) is 0. The Balaban J connectivity index is 2.01. The second-order valence-corrected chi connectivity index (χ2v) is 3.14. The highest BCUT2D eigenvalue weighted by atomic mass is 16.6. The first kappa shape index (κ1) is 8.44. The molecular weight excluding hydrogens is 160 g/mol. The minimum absolute atomic E-state index is 0.0694. The van der Waals surface area contributed by atoms with Gasteiger partial charge in [0.2, 0.25) is 0 Å². The van der Waals surface area contributed by atoms with Crippen molar-refractivity contribution in [2.45, 2.75) is 24.4 Å². The molecule has 0 amide bonds. The van der Waals surface area contributed by atoms with Gasteiger partial charge in [0.05, 0.1) is 13.2 Å². The van der Waals surface area contributed by atoms with Gasteiger partial charge in [0.25, 0.3) is 0 Å². The summed E-state index contributed by atoms with van der Waals surface area (Å²) < 4.78 is 21.4. The third-order valence-corrected chi connectivity index (χ3v) is 2.57. The van der Waals surface area contributed by atoms with E-state index in [4.69, 9.17) is 18.9 Å². The van der Waals surface area contributed by atoms with Gasteiger partial charge in [-0.15, -0.1) is 0 Å². The lowest BCUT2D eigenvalue weighted by molar-refractivity contribution is -0.0267. The van der Waals surface area contributed by atoms with Crippen molar-refractivity contribution in [3.63, 3.8) is 0 Å². The molecule has 2 saturated heterocycles. The zero-order valence-electron chi connectivity index (χ0n) is 7.36. The van der Waals surface area contributed by atoms with Crippen molar-refractivity contribution in [1.82, 2.24) is 0 Å². The van der Waals surface area contributed by atoms with Crippen molar-refractivity contribution < 1.29 is 18.9 Å². The van der Waals surface area contributed by atoms with E-state index in [2.05, 4.69) is 0 Å². The monoisotopic (exact) mass is 174 g/mol. The van der Waals surface area contributed by atoms with Gasteiger partial charge in [-0.05, 0) is 0 Å². The van der Waals surface area contributed by atoms with Gasteiger partial charge in [-0.1, -0.05) is 0 Å². The van der Waals surface area contributed by atoms with E-state index in [0.717, 1.165) is 0 Å². The van der Waals surface area contributed by atoms with Crippen LogP contribution in [0.25, 0.3) is 0 Å². The Hall–Kier alpha value is -0.160. The van der Waals surface area contributed by atoms with E-state index in [1.54, 1.807) is 14.2 Å². The van der Waals surface area contributed by atoms with Gasteiger partial charge in [0, 0.05) is 14.2 Å². The molecular formula is C8H14O4. The maximum Gasteiger partial charge on any atom is 0.115 e. The second-order valence-electron chi connectivity index (χ2n) is 3.14. The minimum atomic E-state index is 0.0694. The standard InChI is InChI=1S/C8H14O4/c1-9-5-3-11-8-6(10-2)4-12-7(5)8/h5-8H,3-4H2,1-2H3/t5-,6-,7?,8?/m0/s1. The summed E-state index contributed by atoms with van der Waals surface area (Å²) in [7, 11) is 3.36. The molecule has 0 bridgehead atoms. The van der Waals surface area contributed by atoms with Gasteiger partial charge >= 0.3 is 0 Å². The Morgan fingerprint density at radius 1 is 0.917 bits per heavy atom. The highest BCUT2D eigenvalue weighted by molar-refractivity contribution is 4.95.